The number of ether oxygens (including phenoxy) is 1. The number of alkyl halides is 3. The molecule has 3 heterocycles. The minimum Gasteiger partial charge on any atom is -0.450 e. The van der Waals surface area contributed by atoms with Crippen LogP contribution in [0.2, 0.25) is 5.02 Å². The van der Waals surface area contributed by atoms with Gasteiger partial charge >= 0.3 is 18.0 Å². The lowest BCUT2D eigenvalue weighted by molar-refractivity contribution is -0.191. The summed E-state index contributed by atoms with van der Waals surface area (Å²) in [5.74, 6) is -2.05. The third kappa shape index (κ3) is 3.66. The molecule has 0 aliphatic carbocycles. The van der Waals surface area contributed by atoms with Crippen LogP contribution in [0.5, 0.6) is 0 Å². The van der Waals surface area contributed by atoms with Gasteiger partial charge in [0.25, 0.3) is 0 Å². The van der Waals surface area contributed by atoms with E-state index in [9.17, 15) is 22.8 Å². The third-order valence-corrected chi connectivity index (χ3v) is 4.14. The summed E-state index contributed by atoms with van der Waals surface area (Å²) in [5.41, 5.74) is -0.259. The Labute approximate surface area is 148 Å². The number of nitrogens with zero attached hydrogens (tertiary/aromatic N) is 4. The molecule has 0 spiro atoms. The minimum absolute atomic E-state index is 0.0805. The zero-order chi connectivity index (χ0) is 19.1. The summed E-state index contributed by atoms with van der Waals surface area (Å²) in [6, 6.07) is 1.53. The Morgan fingerprint density at radius 1 is 1.42 bits per heavy atom. The molecule has 0 bridgehead atoms. The van der Waals surface area contributed by atoms with Gasteiger partial charge in [-0.15, -0.1) is 0 Å². The van der Waals surface area contributed by atoms with E-state index < -0.39 is 43.0 Å². The van der Waals surface area contributed by atoms with Gasteiger partial charge in [0.05, 0.1) is 17.5 Å². The van der Waals surface area contributed by atoms with Crippen molar-refractivity contribution in [1.29, 1.82) is 0 Å². The maximum atomic E-state index is 13.1. The fourth-order valence-corrected chi connectivity index (χ4v) is 3.03. The van der Waals surface area contributed by atoms with E-state index in [0.29, 0.717) is 10.6 Å². The van der Waals surface area contributed by atoms with Gasteiger partial charge in [0.15, 0.2) is 6.23 Å². The maximum absolute atomic E-state index is 13.1. The molecule has 140 valence electrons. The molecular formula is C14H12ClF3N4O4. The molecule has 2 aromatic rings. The topological polar surface area (TPSA) is 99.2 Å². The molecule has 1 aliphatic heterocycles. The third-order valence-electron chi connectivity index (χ3n) is 3.94. The van der Waals surface area contributed by atoms with E-state index in [2.05, 4.69) is 14.8 Å². The molecule has 8 nitrogen and oxygen atoms in total. The van der Waals surface area contributed by atoms with E-state index >= 15 is 0 Å². The fraction of sp³-hybridized carbons (Fsp3) is 0.429. The van der Waals surface area contributed by atoms with Crippen LogP contribution in [0.1, 0.15) is 24.0 Å². The Balaban J connectivity index is 1.98. The molecule has 2 aromatic heterocycles. The number of fused-ring (bicyclic) bond motifs is 1. The number of halogens is 4. The number of aromatic nitrogens is 4. The van der Waals surface area contributed by atoms with Gasteiger partial charge in [0, 0.05) is 25.2 Å². The molecule has 2 atom stereocenters. The molecule has 0 saturated carbocycles. The Morgan fingerprint density at radius 2 is 2.15 bits per heavy atom. The van der Waals surface area contributed by atoms with Crippen LogP contribution in [0, 0.1) is 5.92 Å². The zero-order valence-electron chi connectivity index (χ0n) is 13.0. The summed E-state index contributed by atoms with van der Waals surface area (Å²) >= 11 is 5.82. The molecule has 0 fully saturated rings. The molecule has 1 N–H and O–H groups in total. The van der Waals surface area contributed by atoms with E-state index in [1.165, 1.54) is 18.5 Å². The van der Waals surface area contributed by atoms with Crippen molar-refractivity contribution >= 4 is 17.8 Å². The first kappa shape index (κ1) is 18.2. The zero-order valence-corrected chi connectivity index (χ0v) is 13.7. The first-order valence-electron chi connectivity index (χ1n) is 7.39. The van der Waals surface area contributed by atoms with Crippen LogP contribution < -0.4 is 5.69 Å². The van der Waals surface area contributed by atoms with Gasteiger partial charge in [-0.25, -0.2) is 18.8 Å². The van der Waals surface area contributed by atoms with Gasteiger partial charge in [0.2, 0.25) is 0 Å². The average molecular weight is 393 g/mol. The molecule has 0 amide bonds. The Bertz CT molecular complexity index is 895. The summed E-state index contributed by atoms with van der Waals surface area (Å²) in [5, 5.41) is 13.0. The van der Waals surface area contributed by atoms with Crippen molar-refractivity contribution in [3.05, 3.63) is 45.4 Å². The summed E-state index contributed by atoms with van der Waals surface area (Å²) < 4.78 is 45.6. The van der Waals surface area contributed by atoms with E-state index in [-0.39, 0.29) is 12.4 Å². The van der Waals surface area contributed by atoms with Crippen LogP contribution in [0.15, 0.2) is 23.3 Å². The highest BCUT2D eigenvalue weighted by molar-refractivity contribution is 6.30. The lowest BCUT2D eigenvalue weighted by Gasteiger charge is -2.29. The van der Waals surface area contributed by atoms with Crippen molar-refractivity contribution in [3.63, 3.8) is 0 Å². The van der Waals surface area contributed by atoms with Crippen molar-refractivity contribution in [3.8, 4) is 0 Å². The van der Waals surface area contributed by atoms with Crippen molar-refractivity contribution in [2.75, 3.05) is 0 Å². The van der Waals surface area contributed by atoms with E-state index in [4.69, 9.17) is 16.7 Å². The normalized spacial score (nSPS) is 19.8. The maximum Gasteiger partial charge on any atom is 0.507 e. The second kappa shape index (κ2) is 6.63. The highest BCUT2D eigenvalue weighted by atomic mass is 35.5. The van der Waals surface area contributed by atoms with Crippen LogP contribution in [-0.4, -0.2) is 36.8 Å². The van der Waals surface area contributed by atoms with Gasteiger partial charge < -0.3 is 9.84 Å². The largest absolute Gasteiger partial charge is 0.507 e. The smallest absolute Gasteiger partial charge is 0.450 e. The molecule has 0 aromatic carbocycles. The van der Waals surface area contributed by atoms with Crippen LogP contribution in [0.3, 0.4) is 0 Å². The second-order valence-electron chi connectivity index (χ2n) is 5.75. The highest BCUT2D eigenvalue weighted by Gasteiger charge is 2.46. The van der Waals surface area contributed by atoms with E-state index in [1.54, 1.807) is 0 Å². The summed E-state index contributed by atoms with van der Waals surface area (Å²) in [6.07, 6.45) is -6.35. The van der Waals surface area contributed by atoms with Crippen LogP contribution >= 0.6 is 11.6 Å². The predicted octanol–water partition coefficient (Wildman–Crippen LogP) is 2.46. The monoisotopic (exact) mass is 392 g/mol. The van der Waals surface area contributed by atoms with E-state index in [0.717, 1.165) is 9.25 Å². The van der Waals surface area contributed by atoms with Crippen LogP contribution in [0.25, 0.3) is 0 Å². The second-order valence-corrected chi connectivity index (χ2v) is 6.19. The number of hydrogen-bond donors (Lipinski definition) is 1. The number of rotatable bonds is 3. The van der Waals surface area contributed by atoms with Crippen molar-refractivity contribution in [2.24, 2.45) is 5.92 Å². The summed E-state index contributed by atoms with van der Waals surface area (Å²) in [6.45, 7) is -0.0805. The first-order valence-corrected chi connectivity index (χ1v) is 7.77. The Kier molecular flexibility index (Phi) is 4.65. The summed E-state index contributed by atoms with van der Waals surface area (Å²) in [7, 11) is 0. The predicted molar refractivity (Wildman–Crippen MR) is 80.8 cm³/mol. The lowest BCUT2D eigenvalue weighted by Crippen LogP contribution is -2.39. The molecule has 0 saturated heterocycles. The number of carboxylic acid groups (broad SMARTS) is 1. The molecular weight excluding hydrogens is 381 g/mol. The average Bonchev–Trinajstić information content (AvgIpc) is 2.82. The van der Waals surface area contributed by atoms with Gasteiger partial charge in [0.1, 0.15) is 5.82 Å². The standard InChI is InChI=1S/C14H12ClF3N4O4/c15-9-1-7(4-19-5-9)6-21-12(23)22-10(20-21)2-8(14(16,17)18)3-11(22)26-13(24)25/h1,4-5,8,11H,2-3,6H2,(H,24,25). The molecule has 2 unspecified atom stereocenters. The SMILES string of the molecule is O=C(O)OC1CC(C(F)(F)F)Cc2nn(Cc3cncc(Cl)c3)c(=O)n21. The minimum atomic E-state index is -4.57. The lowest BCUT2D eigenvalue weighted by atomic mass is 9.96. The van der Waals surface area contributed by atoms with Gasteiger partial charge in [-0.2, -0.15) is 18.3 Å². The number of hydrogen-bond acceptors (Lipinski definition) is 5. The van der Waals surface area contributed by atoms with Crippen molar-refractivity contribution in [1.82, 2.24) is 19.3 Å². The van der Waals surface area contributed by atoms with Crippen LogP contribution in [-0.2, 0) is 17.7 Å². The molecule has 26 heavy (non-hydrogen) atoms. The molecule has 0 radical (unpaired) electrons. The Hall–Kier alpha value is -2.56. The fourth-order valence-electron chi connectivity index (χ4n) is 2.83. The van der Waals surface area contributed by atoms with Crippen molar-refractivity contribution in [2.45, 2.75) is 31.8 Å². The number of carbonyl (C=O) groups is 1. The molecule has 3 rings (SSSR count). The van der Waals surface area contributed by atoms with E-state index in [1.807, 2.05) is 0 Å². The number of pyridine rings is 1. The Morgan fingerprint density at radius 3 is 2.77 bits per heavy atom. The quantitative estimate of drug-likeness (QED) is 0.805. The molecule has 1 aliphatic rings. The van der Waals surface area contributed by atoms with Crippen molar-refractivity contribution < 1.29 is 27.8 Å². The van der Waals surface area contributed by atoms with Gasteiger partial charge in [-0.3, -0.25) is 4.98 Å². The highest BCUT2D eigenvalue weighted by Crippen LogP contribution is 2.38. The first-order chi connectivity index (χ1) is 12.1. The van der Waals surface area contributed by atoms with Gasteiger partial charge in [-0.1, -0.05) is 11.6 Å². The van der Waals surface area contributed by atoms with Crippen LogP contribution in [0.4, 0.5) is 18.0 Å². The summed E-state index contributed by atoms with van der Waals surface area (Å²) in [4.78, 5) is 27.2. The molecule has 12 heteroatoms. The van der Waals surface area contributed by atoms with Gasteiger partial charge in [-0.05, 0) is 11.6 Å².